The molecule has 9 heteroatoms. The number of amides is 1. The van der Waals surface area contributed by atoms with E-state index in [4.69, 9.17) is 5.11 Å². The van der Waals surface area contributed by atoms with Crippen LogP contribution in [0.4, 0.5) is 18.2 Å². The smallest absolute Gasteiger partial charge is 0.481 e. The zero-order valence-corrected chi connectivity index (χ0v) is 16.9. The first-order valence-electron chi connectivity index (χ1n) is 9.64. The maximum Gasteiger partial charge on any atom is 0.573 e. The van der Waals surface area contributed by atoms with Gasteiger partial charge in [-0.2, -0.15) is 0 Å². The van der Waals surface area contributed by atoms with Gasteiger partial charge in [0, 0.05) is 18.2 Å². The van der Waals surface area contributed by atoms with E-state index in [0.717, 1.165) is 36.8 Å². The Morgan fingerprint density at radius 2 is 1.63 bits per heavy atom. The molecular formula is C21H22F3NO4S. The number of ether oxygens (including phenoxy) is 1. The molecule has 1 aliphatic carbocycles. The first kappa shape index (κ1) is 22.1. The number of alkyl halides is 3. The van der Waals surface area contributed by atoms with E-state index in [1.807, 2.05) is 5.38 Å². The summed E-state index contributed by atoms with van der Waals surface area (Å²) in [6, 6.07) is 7.35. The average molecular weight is 441 g/mol. The Morgan fingerprint density at radius 3 is 2.20 bits per heavy atom. The van der Waals surface area contributed by atoms with Crippen LogP contribution in [0.3, 0.4) is 0 Å². The molecule has 1 fully saturated rings. The number of carbonyl (C=O) groups is 2. The second kappa shape index (κ2) is 9.51. The molecule has 1 saturated carbocycles. The lowest BCUT2D eigenvalue weighted by Gasteiger charge is -2.27. The van der Waals surface area contributed by atoms with Crippen LogP contribution in [0.5, 0.6) is 5.75 Å². The fourth-order valence-electron chi connectivity index (χ4n) is 3.74. The summed E-state index contributed by atoms with van der Waals surface area (Å²) >= 11 is 1.35. The number of benzene rings is 1. The second-order valence-electron chi connectivity index (χ2n) is 7.51. The van der Waals surface area contributed by atoms with Crippen molar-refractivity contribution in [1.29, 1.82) is 0 Å². The molecule has 1 aromatic carbocycles. The molecule has 3 rings (SSSR count). The third kappa shape index (κ3) is 6.76. The van der Waals surface area contributed by atoms with Gasteiger partial charge in [0.15, 0.2) is 0 Å². The first-order chi connectivity index (χ1) is 14.2. The number of halogens is 3. The summed E-state index contributed by atoms with van der Waals surface area (Å²) in [7, 11) is 0. The zero-order chi connectivity index (χ0) is 21.7. The number of rotatable bonds is 7. The van der Waals surface area contributed by atoms with E-state index in [1.165, 1.54) is 35.6 Å². The Labute approximate surface area is 175 Å². The standard InChI is InChI=1S/C21H22F3NO4S/c22-21(23,24)29-17-7-5-15(6-8-17)16-11-19(30-12-16)25-18(26)9-13-1-3-14(4-2-13)10-20(27)28/h5-8,11-14H,1-4,9-10H2,(H,25,26)(H,27,28). The van der Waals surface area contributed by atoms with E-state index in [2.05, 4.69) is 10.1 Å². The molecule has 1 heterocycles. The van der Waals surface area contributed by atoms with Crippen molar-refractivity contribution in [2.45, 2.75) is 44.9 Å². The van der Waals surface area contributed by atoms with E-state index in [9.17, 15) is 22.8 Å². The van der Waals surface area contributed by atoms with Crippen molar-refractivity contribution in [2.75, 3.05) is 5.32 Å². The normalized spacial score (nSPS) is 19.3. The maximum atomic E-state index is 12.3. The van der Waals surface area contributed by atoms with Crippen LogP contribution in [-0.2, 0) is 9.59 Å². The summed E-state index contributed by atoms with van der Waals surface area (Å²) in [6.45, 7) is 0. The topological polar surface area (TPSA) is 75.6 Å². The number of hydrogen-bond donors (Lipinski definition) is 2. The van der Waals surface area contributed by atoms with Gasteiger partial charge < -0.3 is 15.2 Å². The van der Waals surface area contributed by atoms with Gasteiger partial charge in [0.1, 0.15) is 5.75 Å². The van der Waals surface area contributed by atoms with Gasteiger partial charge >= 0.3 is 12.3 Å². The number of aliphatic carboxylic acids is 1. The van der Waals surface area contributed by atoms with Crippen LogP contribution >= 0.6 is 11.3 Å². The molecule has 162 valence electrons. The Bertz CT molecular complexity index is 871. The lowest BCUT2D eigenvalue weighted by molar-refractivity contribution is -0.274. The average Bonchev–Trinajstić information content (AvgIpc) is 3.10. The van der Waals surface area contributed by atoms with Gasteiger partial charge in [0.05, 0.1) is 5.00 Å². The van der Waals surface area contributed by atoms with E-state index in [0.29, 0.717) is 11.4 Å². The largest absolute Gasteiger partial charge is 0.573 e. The van der Waals surface area contributed by atoms with Crippen LogP contribution in [-0.4, -0.2) is 23.3 Å². The maximum absolute atomic E-state index is 12.3. The molecule has 1 aromatic heterocycles. The molecule has 0 saturated heterocycles. The minimum atomic E-state index is -4.73. The predicted octanol–water partition coefficient (Wildman–Crippen LogP) is 5.92. The lowest BCUT2D eigenvalue weighted by Crippen LogP contribution is -2.22. The van der Waals surface area contributed by atoms with Crippen molar-refractivity contribution in [3.05, 3.63) is 35.7 Å². The number of carboxylic acid groups (broad SMARTS) is 1. The van der Waals surface area contributed by atoms with Crippen molar-refractivity contribution in [2.24, 2.45) is 11.8 Å². The quantitative estimate of drug-likeness (QED) is 0.559. The highest BCUT2D eigenvalue weighted by molar-refractivity contribution is 7.14. The van der Waals surface area contributed by atoms with Gasteiger partial charge in [-0.1, -0.05) is 12.1 Å². The molecular weight excluding hydrogens is 419 g/mol. The molecule has 1 amide bonds. The predicted molar refractivity (Wildman–Crippen MR) is 107 cm³/mol. The zero-order valence-electron chi connectivity index (χ0n) is 16.1. The molecule has 0 radical (unpaired) electrons. The molecule has 2 aromatic rings. The van der Waals surface area contributed by atoms with Crippen molar-refractivity contribution in [3.63, 3.8) is 0 Å². The number of anilines is 1. The van der Waals surface area contributed by atoms with Crippen molar-refractivity contribution in [3.8, 4) is 16.9 Å². The highest BCUT2D eigenvalue weighted by Gasteiger charge is 2.31. The first-order valence-corrected chi connectivity index (χ1v) is 10.5. The molecule has 0 bridgehead atoms. The third-order valence-electron chi connectivity index (χ3n) is 5.19. The van der Waals surface area contributed by atoms with Crippen LogP contribution in [0.1, 0.15) is 38.5 Å². The fourth-order valence-corrected chi connectivity index (χ4v) is 4.57. The van der Waals surface area contributed by atoms with Crippen molar-refractivity contribution < 1.29 is 32.6 Å². The second-order valence-corrected chi connectivity index (χ2v) is 8.42. The van der Waals surface area contributed by atoms with Gasteiger partial charge in [-0.25, -0.2) is 0 Å². The Hall–Kier alpha value is -2.55. The van der Waals surface area contributed by atoms with Gasteiger partial charge in [-0.3, -0.25) is 9.59 Å². The van der Waals surface area contributed by atoms with Crippen LogP contribution in [0.15, 0.2) is 35.7 Å². The minimum absolute atomic E-state index is 0.0843. The summed E-state index contributed by atoms with van der Waals surface area (Å²) < 4.78 is 40.6. The van der Waals surface area contributed by atoms with Crippen LogP contribution in [0, 0.1) is 11.8 Å². The van der Waals surface area contributed by atoms with Crippen molar-refractivity contribution >= 4 is 28.2 Å². The molecule has 1 aliphatic rings. The van der Waals surface area contributed by atoms with Gasteiger partial charge in [-0.05, 0) is 66.8 Å². The Kier molecular flexibility index (Phi) is 7.02. The molecule has 0 unspecified atom stereocenters. The Balaban J connectivity index is 1.49. The highest BCUT2D eigenvalue weighted by Crippen LogP contribution is 2.34. The molecule has 30 heavy (non-hydrogen) atoms. The summed E-state index contributed by atoms with van der Waals surface area (Å²) in [5.74, 6) is -0.676. The monoisotopic (exact) mass is 441 g/mol. The highest BCUT2D eigenvalue weighted by atomic mass is 32.1. The summed E-state index contributed by atoms with van der Waals surface area (Å²) in [4.78, 5) is 23.1. The van der Waals surface area contributed by atoms with Crippen LogP contribution in [0.25, 0.3) is 11.1 Å². The minimum Gasteiger partial charge on any atom is -0.481 e. The molecule has 0 spiro atoms. The summed E-state index contributed by atoms with van der Waals surface area (Å²) in [5, 5.41) is 14.2. The number of nitrogens with one attached hydrogen (secondary N) is 1. The number of carboxylic acids is 1. The van der Waals surface area contributed by atoms with E-state index >= 15 is 0 Å². The van der Waals surface area contributed by atoms with Crippen molar-refractivity contribution in [1.82, 2.24) is 0 Å². The molecule has 0 atom stereocenters. The SMILES string of the molecule is O=C(O)CC1CCC(CC(=O)Nc2cc(-c3ccc(OC(F)(F)F)cc3)cs2)CC1. The fraction of sp³-hybridized carbons (Fsp3) is 0.429. The van der Waals surface area contributed by atoms with Crippen LogP contribution < -0.4 is 10.1 Å². The lowest BCUT2D eigenvalue weighted by atomic mass is 9.79. The van der Waals surface area contributed by atoms with E-state index in [-0.39, 0.29) is 29.9 Å². The number of hydrogen-bond acceptors (Lipinski definition) is 4. The molecule has 2 N–H and O–H groups in total. The molecule has 0 aliphatic heterocycles. The van der Waals surface area contributed by atoms with Gasteiger partial charge in [0.25, 0.3) is 0 Å². The van der Waals surface area contributed by atoms with E-state index in [1.54, 1.807) is 6.07 Å². The van der Waals surface area contributed by atoms with E-state index < -0.39 is 12.3 Å². The van der Waals surface area contributed by atoms with Crippen LogP contribution in [0.2, 0.25) is 0 Å². The molecule has 5 nitrogen and oxygen atoms in total. The third-order valence-corrected chi connectivity index (χ3v) is 6.03. The Morgan fingerprint density at radius 1 is 1.03 bits per heavy atom. The number of carbonyl (C=O) groups excluding carboxylic acids is 1. The number of thiophene rings is 1. The summed E-state index contributed by atoms with van der Waals surface area (Å²) in [6.07, 6.45) is -0.753. The summed E-state index contributed by atoms with van der Waals surface area (Å²) in [5.41, 5.74) is 1.51. The van der Waals surface area contributed by atoms with Gasteiger partial charge in [-0.15, -0.1) is 24.5 Å². The van der Waals surface area contributed by atoms with Gasteiger partial charge in [0.2, 0.25) is 5.91 Å².